The second-order valence-electron chi connectivity index (χ2n) is 10.0. The average Bonchev–Trinajstić information content (AvgIpc) is 3.70. The molecule has 0 aromatic heterocycles. The minimum Gasteiger partial charge on any atom is -0.484 e. The van der Waals surface area contributed by atoms with Crippen LogP contribution in [0, 0.1) is 5.92 Å². The summed E-state index contributed by atoms with van der Waals surface area (Å²) in [7, 11) is 0. The monoisotopic (exact) mass is 516 g/mol. The van der Waals surface area contributed by atoms with E-state index in [1.807, 2.05) is 92.7 Å². The van der Waals surface area contributed by atoms with E-state index in [1.54, 1.807) is 12.1 Å². The summed E-state index contributed by atoms with van der Waals surface area (Å²) in [6.07, 6.45) is -0.269. The first-order chi connectivity index (χ1) is 18.4. The molecule has 0 unspecified atom stereocenters. The zero-order valence-electron chi connectivity index (χ0n) is 21.8. The highest BCUT2D eigenvalue weighted by Gasteiger charge is 2.47. The van der Waals surface area contributed by atoms with Gasteiger partial charge in [-0.1, -0.05) is 92.7 Å². The molecular formula is C31H36N2O5. The molecule has 4 rings (SSSR count). The second kappa shape index (κ2) is 13.2. The lowest BCUT2D eigenvalue weighted by molar-refractivity contribution is -0.132. The Kier molecular flexibility index (Phi) is 9.51. The molecule has 7 heteroatoms. The Balaban J connectivity index is 1.39. The van der Waals surface area contributed by atoms with Crippen molar-refractivity contribution in [1.29, 1.82) is 0 Å². The highest BCUT2D eigenvalue weighted by Crippen LogP contribution is 2.31. The van der Waals surface area contributed by atoms with Gasteiger partial charge in [-0.15, -0.1) is 0 Å². The average molecular weight is 517 g/mol. The first-order valence-electron chi connectivity index (χ1n) is 13.1. The van der Waals surface area contributed by atoms with Crippen LogP contribution in [0.2, 0.25) is 0 Å². The minimum absolute atomic E-state index is 0.113. The van der Waals surface area contributed by atoms with E-state index in [4.69, 9.17) is 9.47 Å². The van der Waals surface area contributed by atoms with Crippen LogP contribution in [0.15, 0.2) is 91.0 Å². The SMILES string of the molecule is CC(C)[C@H](NC(=O)COc1ccccc1)C(=O)N[C@@H](Cc1ccccc1)[C@@H](O)[C@H]1O[C@@H]1Cc1ccccc1. The van der Waals surface area contributed by atoms with Gasteiger partial charge in [0.25, 0.3) is 5.91 Å². The number of carbonyl (C=O) groups excluding carboxylic acids is 2. The third kappa shape index (κ3) is 7.91. The van der Waals surface area contributed by atoms with E-state index in [9.17, 15) is 14.7 Å². The van der Waals surface area contributed by atoms with Crippen LogP contribution in [0.5, 0.6) is 5.75 Å². The number of hydrogen-bond donors (Lipinski definition) is 3. The van der Waals surface area contributed by atoms with E-state index in [1.165, 1.54) is 0 Å². The van der Waals surface area contributed by atoms with Crippen LogP contribution in [0.4, 0.5) is 0 Å². The van der Waals surface area contributed by atoms with Gasteiger partial charge in [0, 0.05) is 6.42 Å². The van der Waals surface area contributed by atoms with Crippen molar-refractivity contribution in [2.45, 2.75) is 57.1 Å². The predicted octanol–water partition coefficient (Wildman–Crippen LogP) is 3.30. The number of epoxide rings is 1. The number of rotatable bonds is 13. The Morgan fingerprint density at radius 1 is 0.868 bits per heavy atom. The lowest BCUT2D eigenvalue weighted by Crippen LogP contribution is -2.56. The van der Waals surface area contributed by atoms with Gasteiger partial charge in [-0.05, 0) is 35.6 Å². The van der Waals surface area contributed by atoms with Gasteiger partial charge in [0.05, 0.1) is 12.1 Å². The molecule has 5 atom stereocenters. The number of aliphatic hydroxyl groups excluding tert-OH is 1. The van der Waals surface area contributed by atoms with Crippen LogP contribution in [-0.2, 0) is 27.2 Å². The summed E-state index contributed by atoms with van der Waals surface area (Å²) in [5.74, 6) is -0.341. The van der Waals surface area contributed by atoms with Gasteiger partial charge >= 0.3 is 0 Å². The molecule has 0 saturated carbocycles. The second-order valence-corrected chi connectivity index (χ2v) is 10.0. The summed E-state index contributed by atoms with van der Waals surface area (Å²) in [6.45, 7) is 3.53. The molecule has 2 amide bonds. The van der Waals surface area contributed by atoms with E-state index < -0.39 is 24.1 Å². The normalized spacial score (nSPS) is 18.7. The molecule has 3 aromatic carbocycles. The largest absolute Gasteiger partial charge is 0.484 e. The quantitative estimate of drug-likeness (QED) is 0.303. The van der Waals surface area contributed by atoms with Gasteiger partial charge in [-0.25, -0.2) is 0 Å². The zero-order valence-corrected chi connectivity index (χ0v) is 21.8. The van der Waals surface area contributed by atoms with Gasteiger partial charge in [0.2, 0.25) is 5.91 Å². The fraction of sp³-hybridized carbons (Fsp3) is 0.355. The van der Waals surface area contributed by atoms with Crippen molar-refractivity contribution < 1.29 is 24.2 Å². The van der Waals surface area contributed by atoms with Crippen LogP contribution < -0.4 is 15.4 Å². The number of benzene rings is 3. The van der Waals surface area contributed by atoms with Gasteiger partial charge in [0.1, 0.15) is 24.0 Å². The van der Waals surface area contributed by atoms with Gasteiger partial charge in [0.15, 0.2) is 6.61 Å². The van der Waals surface area contributed by atoms with Crippen molar-refractivity contribution in [2.24, 2.45) is 5.92 Å². The maximum atomic E-state index is 13.4. The number of para-hydroxylation sites is 1. The highest BCUT2D eigenvalue weighted by molar-refractivity contribution is 5.88. The fourth-order valence-electron chi connectivity index (χ4n) is 4.51. The minimum atomic E-state index is -0.905. The summed E-state index contributed by atoms with van der Waals surface area (Å²) < 4.78 is 11.4. The fourth-order valence-corrected chi connectivity index (χ4v) is 4.51. The van der Waals surface area contributed by atoms with Gasteiger partial charge in [-0.2, -0.15) is 0 Å². The van der Waals surface area contributed by atoms with E-state index in [0.29, 0.717) is 18.6 Å². The molecular weight excluding hydrogens is 480 g/mol. The van der Waals surface area contributed by atoms with Crippen LogP contribution in [-0.4, -0.2) is 53.9 Å². The molecule has 0 bridgehead atoms. The number of aliphatic hydroxyl groups is 1. The molecule has 1 saturated heterocycles. The molecule has 3 N–H and O–H groups in total. The number of hydrogen-bond acceptors (Lipinski definition) is 5. The summed E-state index contributed by atoms with van der Waals surface area (Å²) in [5.41, 5.74) is 2.12. The number of nitrogens with one attached hydrogen (secondary N) is 2. The molecule has 1 aliphatic heterocycles. The lowest BCUT2D eigenvalue weighted by atomic mass is 9.95. The van der Waals surface area contributed by atoms with Crippen LogP contribution >= 0.6 is 0 Å². The molecule has 0 aliphatic carbocycles. The van der Waals surface area contributed by atoms with Gasteiger partial charge < -0.3 is 25.2 Å². The van der Waals surface area contributed by atoms with E-state index in [-0.39, 0.29) is 30.6 Å². The number of amides is 2. The summed E-state index contributed by atoms with van der Waals surface area (Å²) in [5, 5.41) is 17.1. The van der Waals surface area contributed by atoms with Crippen LogP contribution in [0.25, 0.3) is 0 Å². The topological polar surface area (TPSA) is 100 Å². The highest BCUT2D eigenvalue weighted by atomic mass is 16.6. The van der Waals surface area contributed by atoms with Crippen molar-refractivity contribution >= 4 is 11.8 Å². The van der Waals surface area contributed by atoms with E-state index in [2.05, 4.69) is 10.6 Å². The number of carbonyl (C=O) groups is 2. The van der Waals surface area contributed by atoms with E-state index >= 15 is 0 Å². The molecule has 0 radical (unpaired) electrons. The van der Waals surface area contributed by atoms with Gasteiger partial charge in [-0.3, -0.25) is 9.59 Å². The lowest BCUT2D eigenvalue weighted by Gasteiger charge is -2.28. The van der Waals surface area contributed by atoms with E-state index in [0.717, 1.165) is 11.1 Å². The Morgan fingerprint density at radius 2 is 1.45 bits per heavy atom. The maximum absolute atomic E-state index is 13.4. The Bertz CT molecular complexity index is 1160. The summed E-state index contributed by atoms with van der Waals surface area (Å²) in [4.78, 5) is 26.0. The molecule has 38 heavy (non-hydrogen) atoms. The van der Waals surface area contributed by atoms with Crippen molar-refractivity contribution in [1.82, 2.24) is 10.6 Å². The van der Waals surface area contributed by atoms with Crippen molar-refractivity contribution in [3.63, 3.8) is 0 Å². The maximum Gasteiger partial charge on any atom is 0.258 e. The molecule has 0 spiro atoms. The summed E-state index contributed by atoms with van der Waals surface area (Å²) >= 11 is 0. The Morgan fingerprint density at radius 3 is 2.05 bits per heavy atom. The third-order valence-electron chi connectivity index (χ3n) is 6.66. The first kappa shape index (κ1) is 27.4. The van der Waals surface area contributed by atoms with Crippen LogP contribution in [0.1, 0.15) is 25.0 Å². The molecule has 1 fully saturated rings. The first-order valence-corrected chi connectivity index (χ1v) is 13.1. The Labute approximate surface area is 224 Å². The van der Waals surface area contributed by atoms with Crippen LogP contribution in [0.3, 0.4) is 0 Å². The predicted molar refractivity (Wildman–Crippen MR) is 146 cm³/mol. The summed E-state index contributed by atoms with van der Waals surface area (Å²) in [6, 6.07) is 27.4. The standard InChI is InChI=1S/C31H36N2O5/c1-21(2)28(33-27(34)20-37-24-16-10-5-11-17-24)31(36)32-25(18-22-12-6-3-7-13-22)29(35)30-26(38-30)19-23-14-8-4-9-15-23/h3-17,21,25-26,28-30,35H,18-20H2,1-2H3,(H,32,36)(H,33,34)/t25-,26+,28-,29+,30-/m0/s1. The molecule has 7 nitrogen and oxygen atoms in total. The smallest absolute Gasteiger partial charge is 0.258 e. The Hall–Kier alpha value is -3.68. The third-order valence-corrected chi connectivity index (χ3v) is 6.66. The number of ether oxygens (including phenoxy) is 2. The molecule has 200 valence electrons. The molecule has 1 aliphatic rings. The van der Waals surface area contributed by atoms with Crippen molar-refractivity contribution in [2.75, 3.05) is 6.61 Å². The van der Waals surface area contributed by atoms with Crippen molar-refractivity contribution in [3.8, 4) is 5.75 Å². The molecule has 3 aromatic rings. The molecule has 1 heterocycles. The zero-order chi connectivity index (χ0) is 26.9. The van der Waals surface area contributed by atoms with Crippen molar-refractivity contribution in [3.05, 3.63) is 102 Å².